The molecular formula is C15H25N. The topological polar surface area (TPSA) is 26.0 Å². The van der Waals surface area contributed by atoms with Gasteiger partial charge in [-0.2, -0.15) is 0 Å². The maximum absolute atomic E-state index is 6.25. The highest BCUT2D eigenvalue weighted by Gasteiger charge is 2.14. The number of anilines is 1. The second-order valence-corrected chi connectivity index (χ2v) is 5.58. The first-order valence-electron chi connectivity index (χ1n) is 6.27. The van der Waals surface area contributed by atoms with E-state index in [2.05, 4.69) is 53.7 Å². The van der Waals surface area contributed by atoms with E-state index in [1.54, 1.807) is 0 Å². The molecule has 0 fully saturated rings. The summed E-state index contributed by atoms with van der Waals surface area (Å²) in [6.45, 7) is 13.3. The second kappa shape index (κ2) is 4.90. The van der Waals surface area contributed by atoms with Crippen molar-refractivity contribution in [1.82, 2.24) is 0 Å². The molecule has 1 aromatic rings. The summed E-state index contributed by atoms with van der Waals surface area (Å²) in [7, 11) is 0. The van der Waals surface area contributed by atoms with Crippen LogP contribution >= 0.6 is 0 Å². The lowest BCUT2D eigenvalue weighted by Gasteiger charge is -2.20. The zero-order valence-electron chi connectivity index (χ0n) is 11.5. The zero-order chi connectivity index (χ0) is 12.5. The van der Waals surface area contributed by atoms with Crippen LogP contribution in [0.1, 0.15) is 76.0 Å². The predicted molar refractivity (Wildman–Crippen MR) is 73.1 cm³/mol. The van der Waals surface area contributed by atoms with Gasteiger partial charge in [-0.1, -0.05) is 53.7 Å². The summed E-state index contributed by atoms with van der Waals surface area (Å²) in [6.07, 6.45) is 0. The smallest absolute Gasteiger partial charge is 0.0384 e. The molecule has 1 aromatic carbocycles. The first-order valence-corrected chi connectivity index (χ1v) is 6.27. The monoisotopic (exact) mass is 219 g/mol. The molecule has 0 spiro atoms. The van der Waals surface area contributed by atoms with Crippen LogP contribution in [0.15, 0.2) is 12.1 Å². The van der Waals surface area contributed by atoms with Crippen molar-refractivity contribution in [3.8, 4) is 0 Å². The maximum Gasteiger partial charge on any atom is 0.0384 e. The Bertz CT molecular complexity index is 333. The van der Waals surface area contributed by atoms with Crippen molar-refractivity contribution in [2.45, 2.75) is 59.3 Å². The standard InChI is InChI=1S/C15H25N/c1-9(2)12-7-13(10(3)4)15(16)14(8-12)11(5)6/h7-11H,16H2,1-6H3. The minimum Gasteiger partial charge on any atom is -0.398 e. The van der Waals surface area contributed by atoms with E-state index in [1.165, 1.54) is 16.7 Å². The van der Waals surface area contributed by atoms with Gasteiger partial charge in [0.2, 0.25) is 0 Å². The summed E-state index contributed by atoms with van der Waals surface area (Å²) in [5, 5.41) is 0. The molecule has 0 unspecified atom stereocenters. The average molecular weight is 219 g/mol. The molecule has 90 valence electrons. The number of rotatable bonds is 3. The molecule has 0 atom stereocenters. The van der Waals surface area contributed by atoms with Crippen LogP contribution < -0.4 is 5.73 Å². The van der Waals surface area contributed by atoms with Gasteiger partial charge < -0.3 is 5.73 Å². The Balaban J connectivity index is 3.39. The minimum atomic E-state index is 0.496. The Morgan fingerprint density at radius 3 is 1.38 bits per heavy atom. The molecule has 0 aliphatic heterocycles. The molecule has 2 N–H and O–H groups in total. The van der Waals surface area contributed by atoms with Crippen molar-refractivity contribution in [2.24, 2.45) is 0 Å². The van der Waals surface area contributed by atoms with E-state index in [0.717, 1.165) is 5.69 Å². The number of benzene rings is 1. The first kappa shape index (κ1) is 13.1. The number of nitrogens with two attached hydrogens (primary N) is 1. The summed E-state index contributed by atoms with van der Waals surface area (Å²) in [5.74, 6) is 1.56. The number of nitrogen functional groups attached to an aromatic ring is 1. The zero-order valence-corrected chi connectivity index (χ0v) is 11.5. The molecule has 1 nitrogen and oxygen atoms in total. The van der Waals surface area contributed by atoms with E-state index in [-0.39, 0.29) is 0 Å². The Kier molecular flexibility index (Phi) is 4.01. The normalized spacial score (nSPS) is 11.8. The van der Waals surface area contributed by atoms with Crippen molar-refractivity contribution in [2.75, 3.05) is 5.73 Å². The lowest BCUT2D eigenvalue weighted by molar-refractivity contribution is 0.809. The van der Waals surface area contributed by atoms with Crippen LogP contribution in [0, 0.1) is 0 Å². The van der Waals surface area contributed by atoms with Gasteiger partial charge >= 0.3 is 0 Å². The number of hydrogen-bond acceptors (Lipinski definition) is 1. The molecule has 1 heteroatoms. The van der Waals surface area contributed by atoms with E-state index in [0.29, 0.717) is 17.8 Å². The Morgan fingerprint density at radius 2 is 1.12 bits per heavy atom. The molecule has 0 radical (unpaired) electrons. The third-order valence-electron chi connectivity index (χ3n) is 3.18. The van der Waals surface area contributed by atoms with Crippen LogP contribution in [-0.4, -0.2) is 0 Å². The van der Waals surface area contributed by atoms with E-state index in [9.17, 15) is 0 Å². The third kappa shape index (κ3) is 2.58. The lowest BCUT2D eigenvalue weighted by atomic mass is 9.88. The highest BCUT2D eigenvalue weighted by atomic mass is 14.6. The van der Waals surface area contributed by atoms with Crippen LogP contribution in [0.4, 0.5) is 5.69 Å². The summed E-state index contributed by atoms with van der Waals surface area (Å²) < 4.78 is 0. The summed E-state index contributed by atoms with van der Waals surface area (Å²) >= 11 is 0. The van der Waals surface area contributed by atoms with Gasteiger partial charge in [0.25, 0.3) is 0 Å². The van der Waals surface area contributed by atoms with Gasteiger partial charge in [0, 0.05) is 5.69 Å². The Hall–Kier alpha value is -0.980. The van der Waals surface area contributed by atoms with Crippen LogP contribution in [0.5, 0.6) is 0 Å². The molecule has 16 heavy (non-hydrogen) atoms. The van der Waals surface area contributed by atoms with Crippen LogP contribution in [0.25, 0.3) is 0 Å². The fourth-order valence-electron chi connectivity index (χ4n) is 2.01. The largest absolute Gasteiger partial charge is 0.398 e. The van der Waals surface area contributed by atoms with E-state index >= 15 is 0 Å². The number of hydrogen-bond donors (Lipinski definition) is 1. The molecule has 0 bridgehead atoms. The van der Waals surface area contributed by atoms with E-state index < -0.39 is 0 Å². The van der Waals surface area contributed by atoms with E-state index in [4.69, 9.17) is 5.73 Å². The quantitative estimate of drug-likeness (QED) is 0.736. The fourth-order valence-corrected chi connectivity index (χ4v) is 2.01. The van der Waals surface area contributed by atoms with Gasteiger partial charge in [-0.05, 0) is 34.4 Å². The first-order chi connectivity index (χ1) is 7.34. The minimum absolute atomic E-state index is 0.496. The second-order valence-electron chi connectivity index (χ2n) is 5.58. The van der Waals surface area contributed by atoms with Gasteiger partial charge in [0.05, 0.1) is 0 Å². The SMILES string of the molecule is CC(C)c1cc(C(C)C)c(N)c(C(C)C)c1. The Morgan fingerprint density at radius 1 is 0.750 bits per heavy atom. The molecule has 0 heterocycles. The van der Waals surface area contributed by atoms with Crippen molar-refractivity contribution < 1.29 is 0 Å². The molecular weight excluding hydrogens is 194 g/mol. The molecule has 0 saturated heterocycles. The van der Waals surface area contributed by atoms with Gasteiger partial charge in [-0.15, -0.1) is 0 Å². The van der Waals surface area contributed by atoms with Crippen LogP contribution in [0.3, 0.4) is 0 Å². The lowest BCUT2D eigenvalue weighted by Crippen LogP contribution is -2.05. The molecule has 0 aliphatic rings. The molecule has 0 amide bonds. The highest BCUT2D eigenvalue weighted by Crippen LogP contribution is 2.33. The van der Waals surface area contributed by atoms with Crippen LogP contribution in [-0.2, 0) is 0 Å². The molecule has 0 aromatic heterocycles. The summed E-state index contributed by atoms with van der Waals surface area (Å²) in [5.41, 5.74) is 11.3. The maximum atomic E-state index is 6.25. The van der Waals surface area contributed by atoms with Gasteiger partial charge in [0.15, 0.2) is 0 Å². The van der Waals surface area contributed by atoms with Crippen LogP contribution in [0.2, 0.25) is 0 Å². The van der Waals surface area contributed by atoms with Crippen molar-refractivity contribution in [3.63, 3.8) is 0 Å². The Labute approximate surface area is 100 Å². The predicted octanol–water partition coefficient (Wildman–Crippen LogP) is 4.64. The van der Waals surface area contributed by atoms with Crippen molar-refractivity contribution >= 4 is 5.69 Å². The van der Waals surface area contributed by atoms with Gasteiger partial charge in [-0.25, -0.2) is 0 Å². The fraction of sp³-hybridized carbons (Fsp3) is 0.600. The van der Waals surface area contributed by atoms with E-state index in [1.807, 2.05) is 0 Å². The molecule has 1 rings (SSSR count). The average Bonchev–Trinajstić information content (AvgIpc) is 2.16. The summed E-state index contributed by atoms with van der Waals surface area (Å²) in [4.78, 5) is 0. The molecule has 0 saturated carbocycles. The van der Waals surface area contributed by atoms with Gasteiger partial charge in [-0.3, -0.25) is 0 Å². The van der Waals surface area contributed by atoms with Crippen molar-refractivity contribution in [3.05, 3.63) is 28.8 Å². The molecule has 0 aliphatic carbocycles. The van der Waals surface area contributed by atoms with Crippen molar-refractivity contribution in [1.29, 1.82) is 0 Å². The van der Waals surface area contributed by atoms with Gasteiger partial charge in [0.1, 0.15) is 0 Å². The highest BCUT2D eigenvalue weighted by molar-refractivity contribution is 5.58. The third-order valence-corrected chi connectivity index (χ3v) is 3.18. The summed E-state index contributed by atoms with van der Waals surface area (Å²) in [6, 6.07) is 4.55.